The van der Waals surface area contributed by atoms with Crippen molar-refractivity contribution >= 4 is 11.8 Å². The molecule has 1 aliphatic heterocycles. The number of rotatable bonds is 6. The van der Waals surface area contributed by atoms with Crippen molar-refractivity contribution in [1.82, 2.24) is 20.2 Å². The molecule has 1 fully saturated rings. The zero-order chi connectivity index (χ0) is 20.9. The normalized spacial score (nSPS) is 17.5. The molecule has 1 aliphatic rings. The third kappa shape index (κ3) is 6.28. The van der Waals surface area contributed by atoms with Crippen LogP contribution in [0.15, 0.2) is 0 Å². The van der Waals surface area contributed by atoms with Gasteiger partial charge in [-0.15, -0.1) is 0 Å². The Hall–Kier alpha value is -1.98. The highest BCUT2D eigenvalue weighted by Crippen LogP contribution is 2.28. The molecular weight excluding hydrogens is 352 g/mol. The third-order valence-corrected chi connectivity index (χ3v) is 5.17. The Morgan fingerprint density at radius 1 is 1.18 bits per heavy atom. The van der Waals surface area contributed by atoms with E-state index in [1.54, 1.807) is 0 Å². The molecule has 2 amide bonds. The van der Waals surface area contributed by atoms with Gasteiger partial charge in [0, 0.05) is 48.9 Å². The zero-order valence-corrected chi connectivity index (χ0v) is 18.4. The van der Waals surface area contributed by atoms with Crippen molar-refractivity contribution in [3.8, 4) is 0 Å². The van der Waals surface area contributed by atoms with E-state index < -0.39 is 0 Å². The molecule has 0 saturated carbocycles. The molecule has 2 heterocycles. The predicted octanol–water partition coefficient (Wildman–Crippen LogP) is 3.30. The smallest absolute Gasteiger partial charge is 0.224 e. The van der Waals surface area contributed by atoms with Crippen molar-refractivity contribution in [3.05, 3.63) is 22.8 Å². The second-order valence-corrected chi connectivity index (χ2v) is 9.17. The molecule has 6 heteroatoms. The molecule has 1 N–H and O–H groups in total. The molecule has 156 valence electrons. The van der Waals surface area contributed by atoms with E-state index in [0.29, 0.717) is 25.9 Å². The number of aromatic nitrogens is 2. The average Bonchev–Trinajstić information content (AvgIpc) is 2.61. The Morgan fingerprint density at radius 2 is 1.82 bits per heavy atom. The number of hydrogen-bond donors (Lipinski definition) is 1. The number of hydrogen-bond acceptors (Lipinski definition) is 4. The summed E-state index contributed by atoms with van der Waals surface area (Å²) in [5.74, 6) is 1.20. The second kappa shape index (κ2) is 9.48. The topological polar surface area (TPSA) is 75.2 Å². The van der Waals surface area contributed by atoms with Crippen LogP contribution in [0, 0.1) is 19.3 Å². The molecule has 2 rings (SSSR count). The molecular formula is C22H36N4O2. The number of likely N-dealkylation sites (tertiary alicyclic amines) is 1. The number of nitrogens with zero attached hydrogens (tertiary/aromatic N) is 3. The van der Waals surface area contributed by atoms with Gasteiger partial charge in [0.25, 0.3) is 0 Å². The summed E-state index contributed by atoms with van der Waals surface area (Å²) in [4.78, 5) is 36.1. The van der Waals surface area contributed by atoms with Gasteiger partial charge < -0.3 is 10.2 Å². The average molecular weight is 389 g/mol. The predicted molar refractivity (Wildman–Crippen MR) is 111 cm³/mol. The summed E-state index contributed by atoms with van der Waals surface area (Å²) in [6.45, 7) is 14.4. The van der Waals surface area contributed by atoms with Gasteiger partial charge in [-0.05, 0) is 38.5 Å². The van der Waals surface area contributed by atoms with E-state index in [0.717, 1.165) is 48.6 Å². The first-order valence-corrected chi connectivity index (χ1v) is 10.5. The van der Waals surface area contributed by atoms with Crippen LogP contribution >= 0.6 is 0 Å². The summed E-state index contributed by atoms with van der Waals surface area (Å²) in [6, 6.07) is 0. The van der Waals surface area contributed by atoms with Crippen LogP contribution in [0.2, 0.25) is 0 Å². The standard InChI is InChI=1S/C22H36N4O2/c1-7-10-23-19(27)12-18-15(2)24-21(25-16(18)3)17-9-8-11-26(14-17)20(28)13-22(4,5)6/h17H,7-14H2,1-6H3,(H,23,27)/t17-/m1/s1. The van der Waals surface area contributed by atoms with E-state index in [-0.39, 0.29) is 23.1 Å². The van der Waals surface area contributed by atoms with E-state index in [9.17, 15) is 9.59 Å². The minimum atomic E-state index is -0.00625. The van der Waals surface area contributed by atoms with Gasteiger partial charge in [-0.25, -0.2) is 9.97 Å². The lowest BCUT2D eigenvalue weighted by Gasteiger charge is -2.34. The second-order valence-electron chi connectivity index (χ2n) is 9.17. The number of carbonyl (C=O) groups is 2. The van der Waals surface area contributed by atoms with Crippen LogP contribution in [0.5, 0.6) is 0 Å². The molecule has 0 aromatic carbocycles. The van der Waals surface area contributed by atoms with Crippen molar-refractivity contribution in [3.63, 3.8) is 0 Å². The van der Waals surface area contributed by atoms with Crippen LogP contribution in [0.1, 0.15) is 82.1 Å². The van der Waals surface area contributed by atoms with E-state index in [4.69, 9.17) is 9.97 Å². The Bertz CT molecular complexity index is 686. The van der Waals surface area contributed by atoms with Crippen LogP contribution in [-0.2, 0) is 16.0 Å². The number of aryl methyl sites for hydroxylation is 2. The highest BCUT2D eigenvalue weighted by Gasteiger charge is 2.29. The summed E-state index contributed by atoms with van der Waals surface area (Å²) in [7, 11) is 0. The fourth-order valence-corrected chi connectivity index (χ4v) is 3.67. The first kappa shape index (κ1) is 22.3. The molecule has 0 spiro atoms. The van der Waals surface area contributed by atoms with Crippen LogP contribution in [-0.4, -0.2) is 46.3 Å². The van der Waals surface area contributed by atoms with Crippen LogP contribution < -0.4 is 5.32 Å². The lowest BCUT2D eigenvalue weighted by Crippen LogP contribution is -2.41. The van der Waals surface area contributed by atoms with Gasteiger partial charge in [0.1, 0.15) is 5.82 Å². The van der Waals surface area contributed by atoms with Crippen molar-refractivity contribution in [2.24, 2.45) is 5.41 Å². The molecule has 1 aromatic heterocycles. The largest absolute Gasteiger partial charge is 0.356 e. The summed E-state index contributed by atoms with van der Waals surface area (Å²) in [5, 5.41) is 2.91. The molecule has 1 atom stereocenters. The highest BCUT2D eigenvalue weighted by molar-refractivity contribution is 5.79. The van der Waals surface area contributed by atoms with Crippen molar-refractivity contribution in [1.29, 1.82) is 0 Å². The number of amides is 2. The molecule has 6 nitrogen and oxygen atoms in total. The molecule has 1 saturated heterocycles. The first-order valence-electron chi connectivity index (χ1n) is 10.5. The fraction of sp³-hybridized carbons (Fsp3) is 0.727. The fourth-order valence-electron chi connectivity index (χ4n) is 3.67. The van der Waals surface area contributed by atoms with Gasteiger partial charge in [-0.2, -0.15) is 0 Å². The van der Waals surface area contributed by atoms with Gasteiger partial charge in [0.2, 0.25) is 11.8 Å². The third-order valence-electron chi connectivity index (χ3n) is 5.17. The summed E-state index contributed by atoms with van der Waals surface area (Å²) in [6.07, 6.45) is 3.77. The van der Waals surface area contributed by atoms with Crippen LogP contribution in [0.3, 0.4) is 0 Å². The number of piperidine rings is 1. The SMILES string of the molecule is CCCNC(=O)Cc1c(C)nc([C@@H]2CCCN(C(=O)CC(C)(C)C)C2)nc1C. The van der Waals surface area contributed by atoms with Crippen molar-refractivity contribution in [2.75, 3.05) is 19.6 Å². The molecule has 0 aliphatic carbocycles. The molecule has 1 aromatic rings. The lowest BCUT2D eigenvalue weighted by molar-refractivity contribution is -0.134. The zero-order valence-electron chi connectivity index (χ0n) is 18.4. The van der Waals surface area contributed by atoms with Gasteiger partial charge in [0.15, 0.2) is 0 Å². The maximum atomic E-state index is 12.6. The Labute approximate surface area is 169 Å². The molecule has 28 heavy (non-hydrogen) atoms. The van der Waals surface area contributed by atoms with E-state index in [2.05, 4.69) is 26.1 Å². The Morgan fingerprint density at radius 3 is 2.39 bits per heavy atom. The summed E-state index contributed by atoms with van der Waals surface area (Å²) >= 11 is 0. The van der Waals surface area contributed by atoms with Gasteiger partial charge >= 0.3 is 0 Å². The van der Waals surface area contributed by atoms with E-state index in [1.807, 2.05) is 25.7 Å². The summed E-state index contributed by atoms with van der Waals surface area (Å²) in [5.41, 5.74) is 2.64. The quantitative estimate of drug-likeness (QED) is 0.811. The first-order chi connectivity index (χ1) is 13.1. The monoisotopic (exact) mass is 388 g/mol. The lowest BCUT2D eigenvalue weighted by atomic mass is 9.90. The minimum Gasteiger partial charge on any atom is -0.356 e. The van der Waals surface area contributed by atoms with E-state index >= 15 is 0 Å². The van der Waals surface area contributed by atoms with Gasteiger partial charge in [-0.3, -0.25) is 9.59 Å². The molecule has 0 unspecified atom stereocenters. The number of carbonyl (C=O) groups excluding carboxylic acids is 2. The van der Waals surface area contributed by atoms with E-state index in [1.165, 1.54) is 0 Å². The summed E-state index contributed by atoms with van der Waals surface area (Å²) < 4.78 is 0. The maximum absolute atomic E-state index is 12.6. The van der Waals surface area contributed by atoms with Crippen LogP contribution in [0.25, 0.3) is 0 Å². The molecule has 0 radical (unpaired) electrons. The van der Waals surface area contributed by atoms with Gasteiger partial charge in [-0.1, -0.05) is 27.7 Å². The van der Waals surface area contributed by atoms with Crippen molar-refractivity contribution in [2.45, 2.75) is 79.6 Å². The highest BCUT2D eigenvalue weighted by atomic mass is 16.2. The Balaban J connectivity index is 2.10. The van der Waals surface area contributed by atoms with Crippen LogP contribution in [0.4, 0.5) is 0 Å². The van der Waals surface area contributed by atoms with Gasteiger partial charge in [0.05, 0.1) is 6.42 Å². The Kier molecular flexibility index (Phi) is 7.55. The molecule has 0 bridgehead atoms. The maximum Gasteiger partial charge on any atom is 0.224 e. The van der Waals surface area contributed by atoms with Crippen molar-refractivity contribution < 1.29 is 9.59 Å². The number of nitrogens with one attached hydrogen (secondary N) is 1. The minimum absolute atomic E-state index is 0.00625.